The van der Waals surface area contributed by atoms with Gasteiger partial charge in [0.1, 0.15) is 0 Å². The predicted octanol–water partition coefficient (Wildman–Crippen LogP) is 2.56. The number of rotatable bonds is 3. The van der Waals surface area contributed by atoms with Gasteiger partial charge in [0.05, 0.1) is 0 Å². The predicted molar refractivity (Wildman–Crippen MR) is 56.5 cm³/mol. The first-order valence-electron chi connectivity index (χ1n) is 4.80. The quantitative estimate of drug-likeness (QED) is 0.772. The maximum Gasteiger partial charge on any atom is 0.0424 e. The van der Waals surface area contributed by atoms with Gasteiger partial charge in [0.15, 0.2) is 0 Å². The molecule has 0 bridgehead atoms. The molecule has 0 aliphatic heterocycles. The highest BCUT2D eigenvalue weighted by Crippen LogP contribution is 2.13. The maximum atomic E-state index is 5.79. The Kier molecular flexibility index (Phi) is 3.29. The number of nitrogens with zero attached hydrogens (tertiary/aromatic N) is 1. The van der Waals surface area contributed by atoms with Crippen LogP contribution in [-0.2, 0) is 6.42 Å². The van der Waals surface area contributed by atoms with Crippen LogP contribution in [-0.4, -0.2) is 4.98 Å². The van der Waals surface area contributed by atoms with Crippen LogP contribution in [0.15, 0.2) is 12.3 Å². The number of aryl methyl sites for hydroxylation is 2. The van der Waals surface area contributed by atoms with Crippen LogP contribution in [0.1, 0.15) is 31.5 Å². The highest BCUT2D eigenvalue weighted by atomic mass is 14.7. The summed E-state index contributed by atoms with van der Waals surface area (Å²) in [5, 5.41) is 0. The van der Waals surface area contributed by atoms with E-state index in [1.165, 1.54) is 6.42 Å². The largest absolute Gasteiger partial charge is 0.398 e. The van der Waals surface area contributed by atoms with E-state index in [0.717, 1.165) is 29.3 Å². The minimum Gasteiger partial charge on any atom is -0.398 e. The fourth-order valence-corrected chi connectivity index (χ4v) is 1.16. The van der Waals surface area contributed by atoms with E-state index >= 15 is 0 Å². The fourth-order valence-electron chi connectivity index (χ4n) is 1.16. The topological polar surface area (TPSA) is 38.9 Å². The first kappa shape index (κ1) is 10.0. The zero-order valence-corrected chi connectivity index (χ0v) is 8.67. The van der Waals surface area contributed by atoms with E-state index in [-0.39, 0.29) is 0 Å². The van der Waals surface area contributed by atoms with Gasteiger partial charge in [-0.3, -0.25) is 4.98 Å². The monoisotopic (exact) mass is 178 g/mol. The standard InChI is InChI=1S/C11H18N2/c1-8(2)4-5-10-6-11(12)9(3)7-13-10/h6-8H,4-5H2,1-3H3,(H2,12,13). The van der Waals surface area contributed by atoms with E-state index in [1.54, 1.807) is 0 Å². The van der Waals surface area contributed by atoms with Gasteiger partial charge in [0.25, 0.3) is 0 Å². The molecule has 0 amide bonds. The molecule has 2 nitrogen and oxygen atoms in total. The third-order valence-electron chi connectivity index (χ3n) is 2.18. The zero-order chi connectivity index (χ0) is 9.84. The van der Waals surface area contributed by atoms with Crippen molar-refractivity contribution >= 4 is 5.69 Å². The molecular formula is C11H18N2. The normalized spacial score (nSPS) is 10.8. The van der Waals surface area contributed by atoms with Gasteiger partial charge in [-0.25, -0.2) is 0 Å². The van der Waals surface area contributed by atoms with Crippen LogP contribution in [0.5, 0.6) is 0 Å². The van der Waals surface area contributed by atoms with Crippen molar-refractivity contribution in [1.82, 2.24) is 4.98 Å². The number of nitrogen functional groups attached to an aromatic ring is 1. The van der Waals surface area contributed by atoms with Gasteiger partial charge in [-0.2, -0.15) is 0 Å². The second kappa shape index (κ2) is 4.26. The summed E-state index contributed by atoms with van der Waals surface area (Å²) in [5.41, 5.74) is 8.81. The number of aromatic nitrogens is 1. The van der Waals surface area contributed by atoms with Crippen molar-refractivity contribution in [2.45, 2.75) is 33.6 Å². The van der Waals surface area contributed by atoms with Crippen LogP contribution in [0.4, 0.5) is 5.69 Å². The second-order valence-electron chi connectivity index (χ2n) is 3.96. The summed E-state index contributed by atoms with van der Waals surface area (Å²) < 4.78 is 0. The van der Waals surface area contributed by atoms with E-state index in [1.807, 2.05) is 19.2 Å². The van der Waals surface area contributed by atoms with E-state index in [0.29, 0.717) is 0 Å². The SMILES string of the molecule is Cc1cnc(CCC(C)C)cc1N. The summed E-state index contributed by atoms with van der Waals surface area (Å²) in [4.78, 5) is 4.33. The minimum atomic E-state index is 0.726. The van der Waals surface area contributed by atoms with Gasteiger partial charge in [0, 0.05) is 17.6 Å². The van der Waals surface area contributed by atoms with E-state index in [2.05, 4.69) is 18.8 Å². The molecule has 72 valence electrons. The lowest BCUT2D eigenvalue weighted by atomic mass is 10.1. The average Bonchev–Trinajstić information content (AvgIpc) is 2.07. The molecule has 13 heavy (non-hydrogen) atoms. The van der Waals surface area contributed by atoms with E-state index in [9.17, 15) is 0 Å². The van der Waals surface area contributed by atoms with Crippen molar-refractivity contribution in [1.29, 1.82) is 0 Å². The van der Waals surface area contributed by atoms with Crippen molar-refractivity contribution in [3.8, 4) is 0 Å². The molecule has 0 unspecified atom stereocenters. The molecule has 0 atom stereocenters. The van der Waals surface area contributed by atoms with Crippen LogP contribution in [0.2, 0.25) is 0 Å². The first-order chi connectivity index (χ1) is 6.09. The molecule has 0 spiro atoms. The average molecular weight is 178 g/mol. The molecule has 0 aliphatic carbocycles. The molecule has 1 rings (SSSR count). The molecule has 1 aromatic rings. The van der Waals surface area contributed by atoms with Crippen molar-refractivity contribution in [3.05, 3.63) is 23.5 Å². The lowest BCUT2D eigenvalue weighted by molar-refractivity contribution is 0.581. The summed E-state index contributed by atoms with van der Waals surface area (Å²) in [6.07, 6.45) is 4.06. The van der Waals surface area contributed by atoms with Crippen LogP contribution in [0, 0.1) is 12.8 Å². The molecule has 0 saturated carbocycles. The van der Waals surface area contributed by atoms with Gasteiger partial charge in [0.2, 0.25) is 0 Å². The zero-order valence-electron chi connectivity index (χ0n) is 8.67. The van der Waals surface area contributed by atoms with Crippen LogP contribution in [0.25, 0.3) is 0 Å². The van der Waals surface area contributed by atoms with Gasteiger partial charge >= 0.3 is 0 Å². The Labute approximate surface area is 80.2 Å². The summed E-state index contributed by atoms with van der Waals surface area (Å²) >= 11 is 0. The third kappa shape index (κ3) is 3.05. The first-order valence-corrected chi connectivity index (χ1v) is 4.80. The van der Waals surface area contributed by atoms with E-state index < -0.39 is 0 Å². The van der Waals surface area contributed by atoms with Crippen molar-refractivity contribution < 1.29 is 0 Å². The Morgan fingerprint density at radius 1 is 1.46 bits per heavy atom. The highest BCUT2D eigenvalue weighted by molar-refractivity contribution is 5.45. The molecule has 0 radical (unpaired) electrons. The smallest absolute Gasteiger partial charge is 0.0424 e. The Balaban J connectivity index is 2.63. The Hall–Kier alpha value is -1.05. The number of pyridine rings is 1. The lowest BCUT2D eigenvalue weighted by Crippen LogP contribution is -1.98. The molecule has 0 aliphatic rings. The van der Waals surface area contributed by atoms with Crippen LogP contribution < -0.4 is 5.73 Å². The lowest BCUT2D eigenvalue weighted by Gasteiger charge is -2.05. The van der Waals surface area contributed by atoms with Crippen LogP contribution in [0.3, 0.4) is 0 Å². The number of hydrogen-bond acceptors (Lipinski definition) is 2. The Morgan fingerprint density at radius 2 is 2.15 bits per heavy atom. The summed E-state index contributed by atoms with van der Waals surface area (Å²) in [5.74, 6) is 0.726. The fraction of sp³-hybridized carbons (Fsp3) is 0.545. The van der Waals surface area contributed by atoms with Gasteiger partial charge in [-0.1, -0.05) is 13.8 Å². The molecule has 0 aromatic carbocycles. The van der Waals surface area contributed by atoms with Crippen molar-refractivity contribution in [2.75, 3.05) is 5.73 Å². The number of nitrogens with two attached hydrogens (primary N) is 1. The molecular weight excluding hydrogens is 160 g/mol. The summed E-state index contributed by atoms with van der Waals surface area (Å²) in [6.45, 7) is 6.42. The Morgan fingerprint density at radius 3 is 2.69 bits per heavy atom. The Bertz CT molecular complexity index is 279. The summed E-state index contributed by atoms with van der Waals surface area (Å²) in [7, 11) is 0. The molecule has 2 heteroatoms. The summed E-state index contributed by atoms with van der Waals surface area (Å²) in [6, 6.07) is 1.98. The number of hydrogen-bond donors (Lipinski definition) is 1. The van der Waals surface area contributed by atoms with Crippen molar-refractivity contribution in [3.63, 3.8) is 0 Å². The number of anilines is 1. The molecule has 0 fully saturated rings. The third-order valence-corrected chi connectivity index (χ3v) is 2.18. The molecule has 0 saturated heterocycles. The molecule has 2 N–H and O–H groups in total. The van der Waals surface area contributed by atoms with Gasteiger partial charge in [-0.15, -0.1) is 0 Å². The van der Waals surface area contributed by atoms with Gasteiger partial charge < -0.3 is 5.73 Å². The van der Waals surface area contributed by atoms with Crippen LogP contribution >= 0.6 is 0 Å². The maximum absolute atomic E-state index is 5.79. The van der Waals surface area contributed by atoms with Crippen molar-refractivity contribution in [2.24, 2.45) is 5.92 Å². The van der Waals surface area contributed by atoms with Gasteiger partial charge in [-0.05, 0) is 37.3 Å². The molecule has 1 aromatic heterocycles. The minimum absolute atomic E-state index is 0.726. The highest BCUT2D eigenvalue weighted by Gasteiger charge is 2.00. The second-order valence-corrected chi connectivity index (χ2v) is 3.96. The molecule has 1 heterocycles. The van der Waals surface area contributed by atoms with E-state index in [4.69, 9.17) is 5.73 Å².